The highest BCUT2D eigenvalue weighted by Crippen LogP contribution is 2.20. The predicted octanol–water partition coefficient (Wildman–Crippen LogP) is -0.129. The van der Waals surface area contributed by atoms with Gasteiger partial charge in [0.05, 0.1) is 18.3 Å². The van der Waals surface area contributed by atoms with Crippen LogP contribution in [0.2, 0.25) is 0 Å². The summed E-state index contributed by atoms with van der Waals surface area (Å²) in [5.74, 6) is -0.300. The molecule has 2 amide bonds. The minimum Gasteiger partial charge on any atom is -0.267 e. The molecule has 0 unspecified atom stereocenters. The fourth-order valence-electron chi connectivity index (χ4n) is 2.11. The molecule has 0 aliphatic carbocycles. The van der Waals surface area contributed by atoms with Gasteiger partial charge in [0, 0.05) is 17.8 Å². The van der Waals surface area contributed by atoms with Crippen LogP contribution in [-0.2, 0) is 23.1 Å². The Kier molecular flexibility index (Phi) is 3.56. The topological polar surface area (TPSA) is 119 Å². The number of aromatic nitrogens is 6. The average molecular weight is 314 g/mol. The van der Waals surface area contributed by atoms with Gasteiger partial charge in [0.15, 0.2) is 0 Å². The quantitative estimate of drug-likeness (QED) is 0.775. The highest BCUT2D eigenvalue weighted by molar-refractivity contribution is 6.16. The van der Waals surface area contributed by atoms with Gasteiger partial charge < -0.3 is 0 Å². The third-order valence-corrected chi connectivity index (χ3v) is 3.26. The maximum atomic E-state index is 11.9. The fourth-order valence-corrected chi connectivity index (χ4v) is 2.11. The Labute approximate surface area is 131 Å². The standard InChI is InChI=1S/C13H14N8O2/c1-4-9-8(11-16-19-20(3)17-11)6-14-13(15-9)18-21-10(22)5-7(2)12(21)23/h5-6H,4H2,1-3H3,(H,14,15,18). The second-order valence-electron chi connectivity index (χ2n) is 4.93. The molecule has 3 rings (SSSR count). The molecule has 0 spiro atoms. The smallest absolute Gasteiger partial charge is 0.267 e. The molecule has 0 atom stereocenters. The Morgan fingerprint density at radius 2 is 2.09 bits per heavy atom. The van der Waals surface area contributed by atoms with E-state index in [1.165, 1.54) is 17.1 Å². The maximum Gasteiger partial charge on any atom is 0.275 e. The van der Waals surface area contributed by atoms with Crippen LogP contribution in [0.4, 0.5) is 5.95 Å². The number of nitrogens with one attached hydrogen (secondary N) is 1. The summed E-state index contributed by atoms with van der Waals surface area (Å²) in [7, 11) is 1.67. The number of tetrazole rings is 1. The van der Waals surface area contributed by atoms with Gasteiger partial charge in [0.25, 0.3) is 11.8 Å². The molecule has 0 aromatic carbocycles. The van der Waals surface area contributed by atoms with E-state index in [2.05, 4.69) is 30.8 Å². The number of hydrogen-bond donors (Lipinski definition) is 1. The predicted molar refractivity (Wildman–Crippen MR) is 78.4 cm³/mol. The van der Waals surface area contributed by atoms with Crippen molar-refractivity contribution in [2.24, 2.45) is 7.05 Å². The average Bonchev–Trinajstić information content (AvgIpc) is 3.06. The van der Waals surface area contributed by atoms with Crippen LogP contribution in [0.5, 0.6) is 0 Å². The van der Waals surface area contributed by atoms with E-state index in [-0.39, 0.29) is 5.95 Å². The lowest BCUT2D eigenvalue weighted by molar-refractivity contribution is -0.135. The molecule has 1 aliphatic heterocycles. The lowest BCUT2D eigenvalue weighted by Gasteiger charge is -2.16. The minimum absolute atomic E-state index is 0.152. The number of imide groups is 1. The molecule has 10 heteroatoms. The molecule has 0 bridgehead atoms. The van der Waals surface area contributed by atoms with E-state index in [1.807, 2.05) is 6.92 Å². The second-order valence-corrected chi connectivity index (χ2v) is 4.93. The molecular weight excluding hydrogens is 300 g/mol. The van der Waals surface area contributed by atoms with Crippen LogP contribution in [0.3, 0.4) is 0 Å². The Hall–Kier alpha value is -3.17. The summed E-state index contributed by atoms with van der Waals surface area (Å²) >= 11 is 0. The van der Waals surface area contributed by atoms with Gasteiger partial charge in [-0.25, -0.2) is 9.97 Å². The van der Waals surface area contributed by atoms with E-state index in [9.17, 15) is 9.59 Å². The number of aryl methyl sites for hydroxylation is 2. The molecule has 1 N–H and O–H groups in total. The van der Waals surface area contributed by atoms with Crippen LogP contribution in [0, 0.1) is 0 Å². The van der Waals surface area contributed by atoms with Crippen molar-refractivity contribution in [3.8, 4) is 11.4 Å². The van der Waals surface area contributed by atoms with Gasteiger partial charge in [-0.15, -0.1) is 10.2 Å². The molecule has 2 aromatic heterocycles. The fraction of sp³-hybridized carbons (Fsp3) is 0.308. The number of carbonyl (C=O) groups is 2. The van der Waals surface area contributed by atoms with Crippen molar-refractivity contribution in [2.75, 3.05) is 5.43 Å². The summed E-state index contributed by atoms with van der Waals surface area (Å²) in [6.07, 6.45) is 3.40. The number of hydrogen-bond acceptors (Lipinski definition) is 8. The minimum atomic E-state index is -0.450. The summed E-state index contributed by atoms with van der Waals surface area (Å²) in [6.45, 7) is 3.49. The van der Waals surface area contributed by atoms with Crippen molar-refractivity contribution in [1.29, 1.82) is 0 Å². The van der Waals surface area contributed by atoms with Crippen molar-refractivity contribution >= 4 is 17.8 Å². The summed E-state index contributed by atoms with van der Waals surface area (Å²) in [6, 6.07) is 0. The third kappa shape index (κ3) is 2.65. The van der Waals surface area contributed by atoms with Crippen molar-refractivity contribution < 1.29 is 9.59 Å². The van der Waals surface area contributed by atoms with Crippen molar-refractivity contribution in [3.05, 3.63) is 23.5 Å². The largest absolute Gasteiger partial charge is 0.275 e. The van der Waals surface area contributed by atoms with Crippen molar-refractivity contribution in [3.63, 3.8) is 0 Å². The lowest BCUT2D eigenvalue weighted by atomic mass is 10.2. The molecule has 0 fully saturated rings. The van der Waals surface area contributed by atoms with Crippen molar-refractivity contribution in [1.82, 2.24) is 35.2 Å². The summed E-state index contributed by atoms with van der Waals surface area (Å²) < 4.78 is 0. The van der Waals surface area contributed by atoms with E-state index < -0.39 is 11.8 Å². The van der Waals surface area contributed by atoms with Crippen LogP contribution in [0.1, 0.15) is 19.5 Å². The zero-order valence-electron chi connectivity index (χ0n) is 12.8. The maximum absolute atomic E-state index is 11.9. The Bertz CT molecular complexity index is 825. The number of rotatable bonds is 4. The number of nitrogens with zero attached hydrogens (tertiary/aromatic N) is 7. The molecule has 0 radical (unpaired) electrons. The summed E-state index contributed by atoms with van der Waals surface area (Å²) in [5.41, 5.74) is 4.32. The molecule has 10 nitrogen and oxygen atoms in total. The zero-order valence-corrected chi connectivity index (χ0v) is 12.8. The van der Waals surface area contributed by atoms with E-state index in [1.54, 1.807) is 14.0 Å². The molecule has 2 aromatic rings. The Morgan fingerprint density at radius 1 is 1.30 bits per heavy atom. The first-order valence-electron chi connectivity index (χ1n) is 6.93. The normalized spacial score (nSPS) is 14.4. The van der Waals surface area contributed by atoms with Gasteiger partial charge in [-0.3, -0.25) is 15.0 Å². The number of hydrazine groups is 1. The van der Waals surface area contributed by atoms with Gasteiger partial charge in [0.1, 0.15) is 0 Å². The molecule has 118 valence electrons. The SMILES string of the molecule is CCc1nc(NN2C(=O)C=C(C)C2=O)ncc1-c1nnn(C)n1. The molecule has 3 heterocycles. The van der Waals surface area contributed by atoms with Gasteiger partial charge in [0.2, 0.25) is 11.8 Å². The molecule has 1 aliphatic rings. The highest BCUT2D eigenvalue weighted by Gasteiger charge is 2.29. The van der Waals surface area contributed by atoms with E-state index in [4.69, 9.17) is 0 Å². The van der Waals surface area contributed by atoms with Crippen LogP contribution >= 0.6 is 0 Å². The first-order chi connectivity index (χ1) is 11.0. The molecule has 23 heavy (non-hydrogen) atoms. The zero-order chi connectivity index (χ0) is 16.6. The number of anilines is 1. The number of amides is 2. The van der Waals surface area contributed by atoms with E-state index >= 15 is 0 Å². The van der Waals surface area contributed by atoms with Crippen molar-refractivity contribution in [2.45, 2.75) is 20.3 Å². The second kappa shape index (κ2) is 5.55. The Morgan fingerprint density at radius 3 is 2.65 bits per heavy atom. The first-order valence-corrected chi connectivity index (χ1v) is 6.93. The molecule has 0 saturated carbocycles. The van der Waals surface area contributed by atoms with Crippen LogP contribution in [0.15, 0.2) is 17.8 Å². The lowest BCUT2D eigenvalue weighted by Crippen LogP contribution is -2.37. The third-order valence-electron chi connectivity index (χ3n) is 3.26. The Balaban J connectivity index is 1.88. The van der Waals surface area contributed by atoms with E-state index in [0.29, 0.717) is 29.1 Å². The summed E-state index contributed by atoms with van der Waals surface area (Å²) in [5, 5.41) is 12.7. The van der Waals surface area contributed by atoms with Crippen LogP contribution in [-0.4, -0.2) is 47.0 Å². The van der Waals surface area contributed by atoms with Gasteiger partial charge in [-0.05, 0) is 18.6 Å². The van der Waals surface area contributed by atoms with Gasteiger partial charge >= 0.3 is 0 Å². The van der Waals surface area contributed by atoms with E-state index in [0.717, 1.165) is 5.01 Å². The monoisotopic (exact) mass is 314 g/mol. The highest BCUT2D eigenvalue weighted by atomic mass is 16.2. The van der Waals surface area contributed by atoms with Gasteiger partial charge in [-0.1, -0.05) is 6.92 Å². The van der Waals surface area contributed by atoms with Gasteiger partial charge in [-0.2, -0.15) is 9.81 Å². The molecule has 0 saturated heterocycles. The molecular formula is C13H14N8O2. The first kappa shape index (κ1) is 14.8. The summed E-state index contributed by atoms with van der Waals surface area (Å²) in [4.78, 5) is 33.4. The van der Waals surface area contributed by atoms with Crippen LogP contribution in [0.25, 0.3) is 11.4 Å². The van der Waals surface area contributed by atoms with Crippen LogP contribution < -0.4 is 5.43 Å². The number of carbonyl (C=O) groups excluding carboxylic acids is 2.